The summed E-state index contributed by atoms with van der Waals surface area (Å²) in [6.45, 7) is 1.32. The quantitative estimate of drug-likeness (QED) is 0.713. The van der Waals surface area contributed by atoms with Gasteiger partial charge in [0.2, 0.25) is 5.91 Å². The molecule has 1 aromatic carbocycles. The van der Waals surface area contributed by atoms with Gasteiger partial charge in [0.15, 0.2) is 0 Å². The van der Waals surface area contributed by atoms with Crippen LogP contribution in [0.3, 0.4) is 0 Å². The Hall–Kier alpha value is -2.14. The lowest BCUT2D eigenvalue weighted by Crippen LogP contribution is -2.41. The van der Waals surface area contributed by atoms with E-state index in [2.05, 4.69) is 15.4 Å². The molecule has 146 valence electrons. The summed E-state index contributed by atoms with van der Waals surface area (Å²) in [7, 11) is 2.00. The molecule has 0 spiro atoms. The Balaban J connectivity index is 1.36. The van der Waals surface area contributed by atoms with Crippen molar-refractivity contribution in [3.05, 3.63) is 42.2 Å². The largest absolute Gasteiger partial charge is 0.361 e. The van der Waals surface area contributed by atoms with E-state index in [-0.39, 0.29) is 5.91 Å². The van der Waals surface area contributed by atoms with Crippen LogP contribution in [0.4, 0.5) is 0 Å². The standard InChI is InChI=1S/C22H31N3O2/c1-25(17-22(26)23-19-12-7-2-3-8-13-19)15-9-14-20-16-21(24-27-20)18-10-5-4-6-11-18/h4-6,10-11,16,19H,2-3,7-9,12-15,17H2,1H3,(H,23,26). The van der Waals surface area contributed by atoms with Crippen LogP contribution in [-0.2, 0) is 11.2 Å². The van der Waals surface area contributed by atoms with E-state index in [0.29, 0.717) is 12.6 Å². The lowest BCUT2D eigenvalue weighted by Gasteiger charge is -2.20. The molecule has 0 atom stereocenters. The first-order chi connectivity index (χ1) is 13.2. The third-order valence-corrected chi connectivity index (χ3v) is 5.23. The molecule has 1 aliphatic rings. The van der Waals surface area contributed by atoms with Crippen molar-refractivity contribution < 1.29 is 9.32 Å². The van der Waals surface area contributed by atoms with Gasteiger partial charge in [-0.25, -0.2) is 0 Å². The first-order valence-corrected chi connectivity index (χ1v) is 10.2. The number of carbonyl (C=O) groups is 1. The highest BCUT2D eigenvalue weighted by atomic mass is 16.5. The molecule has 1 N–H and O–H groups in total. The molecular formula is C22H31N3O2. The van der Waals surface area contributed by atoms with Crippen LogP contribution >= 0.6 is 0 Å². The number of aromatic nitrogens is 1. The van der Waals surface area contributed by atoms with Crippen LogP contribution < -0.4 is 5.32 Å². The number of rotatable bonds is 8. The zero-order chi connectivity index (χ0) is 18.9. The van der Waals surface area contributed by atoms with E-state index in [1.54, 1.807) is 0 Å². The van der Waals surface area contributed by atoms with Crippen molar-refractivity contribution in [3.63, 3.8) is 0 Å². The fourth-order valence-electron chi connectivity index (χ4n) is 3.72. The maximum Gasteiger partial charge on any atom is 0.234 e. The second-order valence-corrected chi connectivity index (χ2v) is 7.64. The summed E-state index contributed by atoms with van der Waals surface area (Å²) >= 11 is 0. The topological polar surface area (TPSA) is 58.4 Å². The molecule has 1 fully saturated rings. The number of likely N-dealkylation sites (N-methyl/N-ethyl adjacent to an activating group) is 1. The number of amides is 1. The van der Waals surface area contributed by atoms with Crippen molar-refractivity contribution in [2.45, 2.75) is 57.4 Å². The summed E-state index contributed by atoms with van der Waals surface area (Å²) in [5.41, 5.74) is 1.95. The third kappa shape index (κ3) is 6.51. The van der Waals surface area contributed by atoms with Gasteiger partial charge >= 0.3 is 0 Å². The molecule has 3 rings (SSSR count). The van der Waals surface area contributed by atoms with Gasteiger partial charge in [0.25, 0.3) is 0 Å². The van der Waals surface area contributed by atoms with Gasteiger partial charge in [-0.05, 0) is 32.9 Å². The molecule has 5 heteroatoms. The summed E-state index contributed by atoms with van der Waals surface area (Å²) in [4.78, 5) is 14.3. The maximum absolute atomic E-state index is 12.2. The van der Waals surface area contributed by atoms with Gasteiger partial charge in [-0.2, -0.15) is 0 Å². The number of carbonyl (C=O) groups excluding carboxylic acids is 1. The number of nitrogens with zero attached hydrogens (tertiary/aromatic N) is 2. The fraction of sp³-hybridized carbons (Fsp3) is 0.545. The first-order valence-electron chi connectivity index (χ1n) is 10.2. The van der Waals surface area contributed by atoms with Crippen LogP contribution in [0.5, 0.6) is 0 Å². The minimum absolute atomic E-state index is 0.149. The zero-order valence-electron chi connectivity index (χ0n) is 16.3. The Labute approximate surface area is 162 Å². The molecule has 0 unspecified atom stereocenters. The summed E-state index contributed by atoms with van der Waals surface area (Å²) < 4.78 is 5.45. The van der Waals surface area contributed by atoms with Crippen molar-refractivity contribution in [3.8, 4) is 11.3 Å². The average molecular weight is 370 g/mol. The molecule has 0 bridgehead atoms. The highest BCUT2D eigenvalue weighted by molar-refractivity contribution is 5.78. The molecule has 1 amide bonds. The Morgan fingerprint density at radius 1 is 1.19 bits per heavy atom. The van der Waals surface area contributed by atoms with E-state index in [1.165, 1.54) is 25.7 Å². The monoisotopic (exact) mass is 369 g/mol. The molecule has 27 heavy (non-hydrogen) atoms. The van der Waals surface area contributed by atoms with Crippen molar-refractivity contribution in [1.29, 1.82) is 0 Å². The molecule has 1 saturated carbocycles. The Bertz CT molecular complexity index is 691. The lowest BCUT2D eigenvalue weighted by molar-refractivity contribution is -0.122. The number of benzene rings is 1. The molecular weight excluding hydrogens is 338 g/mol. The summed E-state index contributed by atoms with van der Waals surface area (Å²) in [6.07, 6.45) is 9.12. The van der Waals surface area contributed by atoms with Gasteiger partial charge in [0, 0.05) is 24.1 Å². The second-order valence-electron chi connectivity index (χ2n) is 7.64. The summed E-state index contributed by atoms with van der Waals surface area (Å²) in [5.74, 6) is 1.04. The van der Waals surface area contributed by atoms with Crippen molar-refractivity contribution in [2.75, 3.05) is 20.1 Å². The normalized spacial score (nSPS) is 15.6. The van der Waals surface area contributed by atoms with Crippen LogP contribution in [-0.4, -0.2) is 42.1 Å². The second kappa shape index (κ2) is 10.3. The minimum atomic E-state index is 0.149. The molecule has 0 aliphatic heterocycles. The van der Waals surface area contributed by atoms with Crippen molar-refractivity contribution in [1.82, 2.24) is 15.4 Å². The molecule has 1 heterocycles. The van der Waals surface area contributed by atoms with E-state index < -0.39 is 0 Å². The van der Waals surface area contributed by atoms with Crippen LogP contribution in [0.15, 0.2) is 40.9 Å². The van der Waals surface area contributed by atoms with E-state index in [0.717, 1.165) is 49.2 Å². The van der Waals surface area contributed by atoms with Crippen LogP contribution in [0.1, 0.15) is 50.7 Å². The first kappa shape index (κ1) is 19.6. The third-order valence-electron chi connectivity index (χ3n) is 5.23. The van der Waals surface area contributed by atoms with Gasteiger partial charge in [-0.15, -0.1) is 0 Å². The highest BCUT2D eigenvalue weighted by Crippen LogP contribution is 2.19. The molecule has 1 aromatic heterocycles. The summed E-state index contributed by atoms with van der Waals surface area (Å²) in [6, 6.07) is 12.4. The molecule has 1 aliphatic carbocycles. The lowest BCUT2D eigenvalue weighted by atomic mass is 10.1. The highest BCUT2D eigenvalue weighted by Gasteiger charge is 2.15. The summed E-state index contributed by atoms with van der Waals surface area (Å²) in [5, 5.41) is 7.36. The molecule has 0 saturated heterocycles. The van der Waals surface area contributed by atoms with Crippen molar-refractivity contribution >= 4 is 5.91 Å². The van der Waals surface area contributed by atoms with Crippen LogP contribution in [0.25, 0.3) is 11.3 Å². The predicted molar refractivity (Wildman–Crippen MR) is 107 cm³/mol. The Morgan fingerprint density at radius 2 is 1.93 bits per heavy atom. The number of hydrogen-bond donors (Lipinski definition) is 1. The Morgan fingerprint density at radius 3 is 2.67 bits per heavy atom. The maximum atomic E-state index is 12.2. The SMILES string of the molecule is CN(CCCc1cc(-c2ccccc2)no1)CC(=O)NC1CCCCCC1. The number of aryl methyl sites for hydroxylation is 1. The van der Waals surface area contributed by atoms with Crippen molar-refractivity contribution in [2.24, 2.45) is 0 Å². The van der Waals surface area contributed by atoms with E-state index >= 15 is 0 Å². The average Bonchev–Trinajstić information content (AvgIpc) is 2.99. The zero-order valence-corrected chi connectivity index (χ0v) is 16.3. The number of hydrogen-bond acceptors (Lipinski definition) is 4. The van der Waals surface area contributed by atoms with E-state index in [9.17, 15) is 4.79 Å². The minimum Gasteiger partial charge on any atom is -0.361 e. The Kier molecular flexibility index (Phi) is 7.45. The van der Waals surface area contributed by atoms with Gasteiger partial charge in [0.05, 0.1) is 6.54 Å². The van der Waals surface area contributed by atoms with E-state index in [1.807, 2.05) is 43.4 Å². The molecule has 5 nitrogen and oxygen atoms in total. The fourth-order valence-corrected chi connectivity index (χ4v) is 3.72. The predicted octanol–water partition coefficient (Wildman–Crippen LogP) is 4.05. The van der Waals surface area contributed by atoms with Gasteiger partial charge in [-0.1, -0.05) is 61.2 Å². The van der Waals surface area contributed by atoms with Crippen LogP contribution in [0.2, 0.25) is 0 Å². The molecule has 2 aromatic rings. The van der Waals surface area contributed by atoms with E-state index in [4.69, 9.17) is 4.52 Å². The smallest absolute Gasteiger partial charge is 0.234 e. The van der Waals surface area contributed by atoms with Gasteiger partial charge in [-0.3, -0.25) is 9.69 Å². The van der Waals surface area contributed by atoms with Gasteiger partial charge < -0.3 is 9.84 Å². The van der Waals surface area contributed by atoms with Crippen LogP contribution in [0, 0.1) is 0 Å². The number of nitrogens with one attached hydrogen (secondary N) is 1. The molecule has 0 radical (unpaired) electrons. The van der Waals surface area contributed by atoms with Gasteiger partial charge in [0.1, 0.15) is 11.5 Å².